The van der Waals surface area contributed by atoms with Gasteiger partial charge in [-0.15, -0.1) is 0 Å². The lowest BCUT2D eigenvalue weighted by Crippen LogP contribution is -2.07. The van der Waals surface area contributed by atoms with Crippen molar-refractivity contribution in [1.82, 2.24) is 0 Å². The molecular weight excluding hydrogens is 396 g/mol. The molecule has 0 saturated heterocycles. The second-order valence-electron chi connectivity index (χ2n) is 6.88. The van der Waals surface area contributed by atoms with Crippen molar-refractivity contribution in [1.29, 1.82) is 0 Å². The molecule has 31 heavy (non-hydrogen) atoms. The first-order chi connectivity index (χ1) is 15.0. The van der Waals surface area contributed by atoms with Crippen molar-refractivity contribution in [3.63, 3.8) is 0 Å². The minimum atomic E-state index is -0.117. The van der Waals surface area contributed by atoms with E-state index in [0.29, 0.717) is 42.6 Å². The highest BCUT2D eigenvalue weighted by Gasteiger charge is 2.06. The molecule has 0 aliphatic carbocycles. The number of hydrogen-bond donors (Lipinski definition) is 0. The molecule has 0 radical (unpaired) electrons. The number of carbonyl (C=O) groups is 1. The summed E-state index contributed by atoms with van der Waals surface area (Å²) in [6, 6.07) is 12.4. The van der Waals surface area contributed by atoms with Crippen molar-refractivity contribution < 1.29 is 28.5 Å². The van der Waals surface area contributed by atoms with Crippen LogP contribution in [0.25, 0.3) is 6.08 Å². The molecule has 0 bridgehead atoms. The molecule has 0 atom stereocenters. The van der Waals surface area contributed by atoms with Crippen LogP contribution < -0.4 is 14.2 Å². The zero-order chi connectivity index (χ0) is 22.5. The van der Waals surface area contributed by atoms with Crippen LogP contribution in [0.4, 0.5) is 0 Å². The molecule has 0 spiro atoms. The normalized spacial score (nSPS) is 10.7. The van der Waals surface area contributed by atoms with Gasteiger partial charge in [0.25, 0.3) is 0 Å². The van der Waals surface area contributed by atoms with E-state index in [1.54, 1.807) is 44.6 Å². The standard InChI is InChI=1S/C25H30O6/c1-19(2)13-14-30-23-11-7-21(25(17-23)28-4)8-12-24(26)20-5-9-22(10-6-20)31-18-29-16-15-27-3/h5-13,17H,14-16,18H2,1-4H3. The monoisotopic (exact) mass is 426 g/mol. The summed E-state index contributed by atoms with van der Waals surface area (Å²) in [5.74, 6) is 1.85. The number of carbonyl (C=O) groups excluding carboxylic acids is 1. The van der Waals surface area contributed by atoms with E-state index < -0.39 is 0 Å². The maximum atomic E-state index is 12.5. The van der Waals surface area contributed by atoms with Crippen LogP contribution in [0.15, 0.2) is 60.2 Å². The molecule has 2 aromatic carbocycles. The second-order valence-corrected chi connectivity index (χ2v) is 6.88. The van der Waals surface area contributed by atoms with Crippen molar-refractivity contribution in [2.24, 2.45) is 0 Å². The van der Waals surface area contributed by atoms with E-state index in [0.717, 1.165) is 5.56 Å². The molecule has 166 valence electrons. The van der Waals surface area contributed by atoms with Crippen LogP contribution in [-0.2, 0) is 9.47 Å². The lowest BCUT2D eigenvalue weighted by molar-refractivity contribution is -0.00847. The van der Waals surface area contributed by atoms with Gasteiger partial charge in [0.1, 0.15) is 23.9 Å². The number of rotatable bonds is 13. The molecule has 0 unspecified atom stereocenters. The first-order valence-corrected chi connectivity index (χ1v) is 9.99. The predicted molar refractivity (Wildman–Crippen MR) is 121 cm³/mol. The first kappa shape index (κ1) is 24.2. The van der Waals surface area contributed by atoms with Gasteiger partial charge in [0.15, 0.2) is 12.6 Å². The molecule has 0 heterocycles. The Morgan fingerprint density at radius 2 is 1.68 bits per heavy atom. The van der Waals surface area contributed by atoms with Crippen LogP contribution in [0.1, 0.15) is 29.8 Å². The predicted octanol–water partition coefficient (Wildman–Crippen LogP) is 4.94. The molecule has 2 rings (SSSR count). The Kier molecular flexibility index (Phi) is 10.3. The van der Waals surface area contributed by atoms with E-state index in [9.17, 15) is 4.79 Å². The van der Waals surface area contributed by atoms with Gasteiger partial charge in [-0.3, -0.25) is 4.79 Å². The van der Waals surface area contributed by atoms with Gasteiger partial charge in [0.2, 0.25) is 0 Å². The fraction of sp³-hybridized carbons (Fsp3) is 0.320. The number of ketones is 1. The van der Waals surface area contributed by atoms with E-state index in [2.05, 4.69) is 0 Å². The van der Waals surface area contributed by atoms with Crippen molar-refractivity contribution in [3.8, 4) is 17.2 Å². The molecule has 6 nitrogen and oxygen atoms in total. The highest BCUT2D eigenvalue weighted by atomic mass is 16.7. The van der Waals surface area contributed by atoms with Gasteiger partial charge >= 0.3 is 0 Å². The fourth-order valence-corrected chi connectivity index (χ4v) is 2.51. The maximum Gasteiger partial charge on any atom is 0.189 e. The highest BCUT2D eigenvalue weighted by Crippen LogP contribution is 2.26. The number of allylic oxidation sites excluding steroid dienone is 2. The van der Waals surface area contributed by atoms with Crippen LogP contribution in [0.5, 0.6) is 17.2 Å². The minimum Gasteiger partial charge on any atom is -0.496 e. The first-order valence-electron chi connectivity index (χ1n) is 9.99. The molecule has 0 N–H and O–H groups in total. The Hall–Kier alpha value is -3.09. The SMILES string of the molecule is COCCOCOc1ccc(C(=O)C=Cc2ccc(OCC=C(C)C)cc2OC)cc1. The Morgan fingerprint density at radius 1 is 0.935 bits per heavy atom. The summed E-state index contributed by atoms with van der Waals surface area (Å²) in [6.07, 6.45) is 5.25. The summed E-state index contributed by atoms with van der Waals surface area (Å²) >= 11 is 0. The van der Waals surface area contributed by atoms with E-state index in [-0.39, 0.29) is 12.6 Å². The maximum absolute atomic E-state index is 12.5. The van der Waals surface area contributed by atoms with Gasteiger partial charge in [-0.05, 0) is 68.5 Å². The molecule has 0 fully saturated rings. The van der Waals surface area contributed by atoms with Gasteiger partial charge < -0.3 is 23.7 Å². The fourth-order valence-electron chi connectivity index (χ4n) is 2.51. The zero-order valence-corrected chi connectivity index (χ0v) is 18.6. The second kappa shape index (κ2) is 13.3. The molecule has 6 heteroatoms. The molecular formula is C25H30O6. The quantitative estimate of drug-likeness (QED) is 0.149. The van der Waals surface area contributed by atoms with E-state index in [1.165, 1.54) is 11.6 Å². The Bertz CT molecular complexity index is 879. The summed E-state index contributed by atoms with van der Waals surface area (Å²) in [4.78, 5) is 12.5. The number of ether oxygens (including phenoxy) is 5. The van der Waals surface area contributed by atoms with Crippen molar-refractivity contribution in [2.45, 2.75) is 13.8 Å². The molecule has 0 amide bonds. The van der Waals surface area contributed by atoms with Crippen LogP contribution >= 0.6 is 0 Å². The molecule has 0 aliphatic heterocycles. The topological polar surface area (TPSA) is 63.2 Å². The summed E-state index contributed by atoms with van der Waals surface area (Å²) < 4.78 is 26.7. The lowest BCUT2D eigenvalue weighted by atomic mass is 10.1. The van der Waals surface area contributed by atoms with Crippen molar-refractivity contribution >= 4 is 11.9 Å². The van der Waals surface area contributed by atoms with Crippen molar-refractivity contribution in [3.05, 3.63) is 71.3 Å². The van der Waals surface area contributed by atoms with Gasteiger partial charge in [-0.2, -0.15) is 0 Å². The molecule has 0 aliphatic rings. The van der Waals surface area contributed by atoms with Crippen molar-refractivity contribution in [2.75, 3.05) is 40.8 Å². The third kappa shape index (κ3) is 8.66. The third-order valence-corrected chi connectivity index (χ3v) is 4.24. The van der Waals surface area contributed by atoms with Crippen LogP contribution in [0, 0.1) is 0 Å². The Morgan fingerprint density at radius 3 is 2.35 bits per heavy atom. The van der Waals surface area contributed by atoms with E-state index >= 15 is 0 Å². The van der Waals surface area contributed by atoms with Crippen LogP contribution in [0.3, 0.4) is 0 Å². The van der Waals surface area contributed by atoms with Gasteiger partial charge in [-0.1, -0.05) is 5.57 Å². The summed E-state index contributed by atoms with van der Waals surface area (Å²) in [6.45, 7) is 5.65. The largest absolute Gasteiger partial charge is 0.496 e. The molecule has 0 aromatic heterocycles. The number of hydrogen-bond acceptors (Lipinski definition) is 6. The summed E-state index contributed by atoms with van der Waals surface area (Å²) in [5, 5.41) is 0. The number of methoxy groups -OCH3 is 2. The Balaban J connectivity index is 1.95. The molecule has 2 aromatic rings. The molecule has 0 saturated carbocycles. The minimum absolute atomic E-state index is 0.117. The highest BCUT2D eigenvalue weighted by molar-refractivity contribution is 6.07. The Labute approximate surface area is 184 Å². The van der Waals surface area contributed by atoms with E-state index in [4.69, 9.17) is 23.7 Å². The number of benzene rings is 2. The van der Waals surface area contributed by atoms with Gasteiger partial charge in [0.05, 0.1) is 20.3 Å². The smallest absolute Gasteiger partial charge is 0.189 e. The summed E-state index contributed by atoms with van der Waals surface area (Å²) in [7, 11) is 3.20. The van der Waals surface area contributed by atoms with E-state index in [1.807, 2.05) is 38.1 Å². The van der Waals surface area contributed by atoms with Crippen LogP contribution in [-0.4, -0.2) is 46.6 Å². The third-order valence-electron chi connectivity index (χ3n) is 4.24. The van der Waals surface area contributed by atoms with Gasteiger partial charge in [0, 0.05) is 24.3 Å². The average Bonchev–Trinajstić information content (AvgIpc) is 2.78. The lowest BCUT2D eigenvalue weighted by Gasteiger charge is -2.09. The van der Waals surface area contributed by atoms with Gasteiger partial charge in [-0.25, -0.2) is 0 Å². The zero-order valence-electron chi connectivity index (χ0n) is 18.6. The average molecular weight is 427 g/mol. The van der Waals surface area contributed by atoms with Crippen LogP contribution in [0.2, 0.25) is 0 Å². The summed E-state index contributed by atoms with van der Waals surface area (Å²) in [5.41, 5.74) is 2.54.